The highest BCUT2D eigenvalue weighted by Crippen LogP contribution is 2.15. The number of aryl methyl sites for hydroxylation is 1. The van der Waals surface area contributed by atoms with E-state index in [1.165, 1.54) is 12.8 Å². The molecule has 0 saturated carbocycles. The van der Waals surface area contributed by atoms with Crippen LogP contribution in [0.1, 0.15) is 19.3 Å². The van der Waals surface area contributed by atoms with E-state index in [-0.39, 0.29) is 5.43 Å². The number of pyridine rings is 1. The summed E-state index contributed by atoms with van der Waals surface area (Å²) in [6, 6.07) is 3.19. The molecule has 1 atom stereocenters. The molecule has 0 radical (unpaired) electrons. The van der Waals surface area contributed by atoms with E-state index in [4.69, 9.17) is 4.74 Å². The summed E-state index contributed by atoms with van der Waals surface area (Å²) in [6.45, 7) is 1.85. The van der Waals surface area contributed by atoms with E-state index in [1.807, 2.05) is 17.0 Å². The zero-order valence-electron chi connectivity index (χ0n) is 8.19. The van der Waals surface area contributed by atoms with Crippen LogP contribution in [0.5, 0.6) is 0 Å². The maximum atomic E-state index is 10.8. The lowest BCUT2D eigenvalue weighted by Crippen LogP contribution is -2.11. The highest BCUT2D eigenvalue weighted by Gasteiger charge is 2.14. The molecule has 1 aliphatic rings. The molecule has 2 rings (SSSR count). The van der Waals surface area contributed by atoms with Crippen LogP contribution in [-0.4, -0.2) is 17.3 Å². The first-order chi connectivity index (χ1) is 6.84. The largest absolute Gasteiger partial charge is 0.378 e. The van der Waals surface area contributed by atoms with Gasteiger partial charge in [-0.3, -0.25) is 4.79 Å². The Morgan fingerprint density at radius 3 is 2.86 bits per heavy atom. The van der Waals surface area contributed by atoms with Crippen molar-refractivity contribution in [2.75, 3.05) is 6.61 Å². The summed E-state index contributed by atoms with van der Waals surface area (Å²) in [7, 11) is 0. The van der Waals surface area contributed by atoms with Gasteiger partial charge in [0, 0.05) is 37.7 Å². The third kappa shape index (κ3) is 2.45. The van der Waals surface area contributed by atoms with Gasteiger partial charge in [-0.1, -0.05) is 0 Å². The fourth-order valence-electron chi connectivity index (χ4n) is 1.76. The van der Waals surface area contributed by atoms with Gasteiger partial charge in [0.05, 0.1) is 6.10 Å². The Balaban J connectivity index is 1.85. The van der Waals surface area contributed by atoms with Crippen molar-refractivity contribution >= 4 is 0 Å². The Morgan fingerprint density at radius 1 is 1.43 bits per heavy atom. The van der Waals surface area contributed by atoms with Gasteiger partial charge in [0.25, 0.3) is 0 Å². The van der Waals surface area contributed by atoms with Crippen molar-refractivity contribution in [3.63, 3.8) is 0 Å². The molecule has 1 aliphatic heterocycles. The zero-order valence-corrected chi connectivity index (χ0v) is 8.19. The van der Waals surface area contributed by atoms with Gasteiger partial charge in [-0.05, 0) is 19.3 Å². The number of hydrogen-bond donors (Lipinski definition) is 0. The van der Waals surface area contributed by atoms with Gasteiger partial charge >= 0.3 is 0 Å². The molecule has 1 aromatic heterocycles. The lowest BCUT2D eigenvalue weighted by molar-refractivity contribution is 0.100. The van der Waals surface area contributed by atoms with Crippen LogP contribution in [0.25, 0.3) is 0 Å². The standard InChI is InChI=1S/C11H15NO2/c13-10-3-6-12(7-4-10)8-5-11-2-1-9-14-11/h3-4,6-7,11H,1-2,5,8-9H2. The van der Waals surface area contributed by atoms with Crippen LogP contribution in [0, 0.1) is 0 Å². The smallest absolute Gasteiger partial charge is 0.181 e. The second kappa shape index (κ2) is 4.42. The molecular formula is C11H15NO2. The number of aromatic nitrogens is 1. The van der Waals surface area contributed by atoms with Crippen molar-refractivity contribution in [2.45, 2.75) is 31.9 Å². The minimum absolute atomic E-state index is 0.0679. The van der Waals surface area contributed by atoms with Gasteiger partial charge in [0.2, 0.25) is 0 Å². The van der Waals surface area contributed by atoms with E-state index in [1.54, 1.807) is 12.1 Å². The maximum absolute atomic E-state index is 10.8. The summed E-state index contributed by atoms with van der Waals surface area (Å²) < 4.78 is 7.55. The zero-order chi connectivity index (χ0) is 9.80. The third-order valence-corrected chi connectivity index (χ3v) is 2.59. The molecule has 1 aromatic rings. The Bertz CT molecular complexity index is 319. The van der Waals surface area contributed by atoms with Crippen LogP contribution in [0.2, 0.25) is 0 Å². The summed E-state index contributed by atoms with van der Waals surface area (Å²) in [5.74, 6) is 0. The second-order valence-electron chi connectivity index (χ2n) is 3.70. The van der Waals surface area contributed by atoms with Crippen molar-refractivity contribution in [1.29, 1.82) is 0 Å². The molecule has 0 N–H and O–H groups in total. The van der Waals surface area contributed by atoms with E-state index in [0.29, 0.717) is 6.10 Å². The first kappa shape index (κ1) is 9.46. The lowest BCUT2D eigenvalue weighted by atomic mass is 10.2. The average molecular weight is 193 g/mol. The quantitative estimate of drug-likeness (QED) is 0.727. The van der Waals surface area contributed by atoms with Gasteiger partial charge in [-0.2, -0.15) is 0 Å². The summed E-state index contributed by atoms with van der Waals surface area (Å²) >= 11 is 0. The number of ether oxygens (including phenoxy) is 1. The predicted octanol–water partition coefficient (Wildman–Crippen LogP) is 1.42. The van der Waals surface area contributed by atoms with Gasteiger partial charge in [0.1, 0.15) is 0 Å². The predicted molar refractivity (Wildman–Crippen MR) is 54.3 cm³/mol. The van der Waals surface area contributed by atoms with Crippen LogP contribution >= 0.6 is 0 Å². The molecule has 76 valence electrons. The Hall–Kier alpha value is -1.09. The fraction of sp³-hybridized carbons (Fsp3) is 0.545. The number of hydrogen-bond acceptors (Lipinski definition) is 2. The van der Waals surface area contributed by atoms with E-state index in [9.17, 15) is 4.79 Å². The minimum atomic E-state index is 0.0679. The monoisotopic (exact) mass is 193 g/mol. The topological polar surface area (TPSA) is 31.2 Å². The molecule has 1 unspecified atom stereocenters. The van der Waals surface area contributed by atoms with Crippen LogP contribution in [0.15, 0.2) is 29.3 Å². The first-order valence-corrected chi connectivity index (χ1v) is 5.12. The molecule has 0 amide bonds. The SMILES string of the molecule is O=c1ccn(CCC2CCCO2)cc1. The van der Waals surface area contributed by atoms with Crippen LogP contribution in [0.3, 0.4) is 0 Å². The number of nitrogens with zero attached hydrogens (tertiary/aromatic N) is 1. The fourth-order valence-corrected chi connectivity index (χ4v) is 1.76. The van der Waals surface area contributed by atoms with Crippen LogP contribution in [0.4, 0.5) is 0 Å². The molecule has 3 heteroatoms. The van der Waals surface area contributed by atoms with Crippen LogP contribution in [-0.2, 0) is 11.3 Å². The van der Waals surface area contributed by atoms with Crippen LogP contribution < -0.4 is 5.43 Å². The molecule has 0 spiro atoms. The van der Waals surface area contributed by atoms with Gasteiger partial charge in [-0.15, -0.1) is 0 Å². The normalized spacial score (nSPS) is 21.3. The lowest BCUT2D eigenvalue weighted by Gasteiger charge is -2.10. The second-order valence-corrected chi connectivity index (χ2v) is 3.70. The van der Waals surface area contributed by atoms with E-state index >= 15 is 0 Å². The Kier molecular flexibility index (Phi) is 2.99. The van der Waals surface area contributed by atoms with Crippen molar-refractivity contribution in [3.8, 4) is 0 Å². The molecule has 2 heterocycles. The molecule has 1 saturated heterocycles. The van der Waals surface area contributed by atoms with Gasteiger partial charge in [0.15, 0.2) is 5.43 Å². The van der Waals surface area contributed by atoms with Crippen molar-refractivity contribution < 1.29 is 4.74 Å². The highest BCUT2D eigenvalue weighted by atomic mass is 16.5. The Morgan fingerprint density at radius 2 is 2.21 bits per heavy atom. The molecule has 1 fully saturated rings. The summed E-state index contributed by atoms with van der Waals surface area (Å²) in [4.78, 5) is 10.8. The summed E-state index contributed by atoms with van der Waals surface area (Å²) in [5, 5.41) is 0. The average Bonchev–Trinajstić information content (AvgIpc) is 2.70. The summed E-state index contributed by atoms with van der Waals surface area (Å²) in [6.07, 6.45) is 7.50. The first-order valence-electron chi connectivity index (χ1n) is 5.12. The number of rotatable bonds is 3. The molecule has 0 bridgehead atoms. The third-order valence-electron chi connectivity index (χ3n) is 2.59. The van der Waals surface area contributed by atoms with Crippen molar-refractivity contribution in [2.24, 2.45) is 0 Å². The molecule has 3 nitrogen and oxygen atoms in total. The summed E-state index contributed by atoms with van der Waals surface area (Å²) in [5.41, 5.74) is 0.0679. The van der Waals surface area contributed by atoms with Crippen molar-refractivity contribution in [3.05, 3.63) is 34.7 Å². The molecule has 0 aliphatic carbocycles. The molecular weight excluding hydrogens is 178 g/mol. The van der Waals surface area contributed by atoms with E-state index < -0.39 is 0 Å². The highest BCUT2D eigenvalue weighted by molar-refractivity contribution is 4.93. The van der Waals surface area contributed by atoms with E-state index in [0.717, 1.165) is 19.6 Å². The Labute approximate surface area is 83.3 Å². The molecule has 0 aromatic carbocycles. The van der Waals surface area contributed by atoms with E-state index in [2.05, 4.69) is 0 Å². The maximum Gasteiger partial charge on any atom is 0.181 e. The van der Waals surface area contributed by atoms with Gasteiger partial charge < -0.3 is 9.30 Å². The van der Waals surface area contributed by atoms with Gasteiger partial charge in [-0.25, -0.2) is 0 Å². The molecule has 14 heavy (non-hydrogen) atoms. The van der Waals surface area contributed by atoms with Crippen molar-refractivity contribution in [1.82, 2.24) is 4.57 Å². The minimum Gasteiger partial charge on any atom is -0.378 e.